The number of hydrogen-bond acceptors (Lipinski definition) is 8. The molecule has 37 heavy (non-hydrogen) atoms. The maximum atomic E-state index is 14.0. The van der Waals surface area contributed by atoms with Gasteiger partial charge in [0.25, 0.3) is 0 Å². The second-order valence-electron chi connectivity index (χ2n) is 9.82. The summed E-state index contributed by atoms with van der Waals surface area (Å²) in [5.41, 5.74) is 4.85. The second-order valence-corrected chi connectivity index (χ2v) is 9.82. The van der Waals surface area contributed by atoms with Crippen molar-refractivity contribution in [2.75, 3.05) is 13.7 Å². The molecule has 2 atom stereocenters. The van der Waals surface area contributed by atoms with E-state index in [2.05, 4.69) is 15.4 Å². The van der Waals surface area contributed by atoms with Crippen LogP contribution in [0.2, 0.25) is 0 Å². The van der Waals surface area contributed by atoms with Gasteiger partial charge in [-0.25, -0.2) is 4.79 Å². The molecule has 2 unspecified atom stereocenters. The Kier molecular flexibility index (Phi) is 10.3. The summed E-state index contributed by atoms with van der Waals surface area (Å²) in [5, 5.41) is 14.8. The molecule has 1 aliphatic rings. The van der Waals surface area contributed by atoms with Gasteiger partial charge in [0.05, 0.1) is 7.11 Å². The molecule has 1 fully saturated rings. The standard InChI is InChI=1S/C25H36N4O8/c1-25(2,3)37-24(35)28-18(12-13-19(26)31)23(34)29(16-6-5-7-16)21(15-8-10-17(30)11-9-15)22(33)27-14-20(32)36-4/h8-11,16,18,21,30H,5-7,12-14H2,1-4H3,(H2,26,31)(H,27,33)(H,28,35). The van der Waals surface area contributed by atoms with Crippen molar-refractivity contribution < 1.29 is 38.6 Å². The molecule has 5 N–H and O–H groups in total. The second kappa shape index (κ2) is 12.9. The Hall–Kier alpha value is -3.83. The van der Waals surface area contributed by atoms with E-state index in [1.807, 2.05) is 0 Å². The minimum atomic E-state index is -1.21. The first-order valence-electron chi connectivity index (χ1n) is 12.1. The van der Waals surface area contributed by atoms with Crippen LogP contribution in [-0.2, 0) is 28.7 Å². The van der Waals surface area contributed by atoms with Crippen molar-refractivity contribution in [1.29, 1.82) is 0 Å². The van der Waals surface area contributed by atoms with Crippen LogP contribution in [-0.4, -0.2) is 71.1 Å². The average Bonchev–Trinajstić information content (AvgIpc) is 2.77. The fourth-order valence-corrected chi connectivity index (χ4v) is 3.78. The zero-order chi connectivity index (χ0) is 27.8. The lowest BCUT2D eigenvalue weighted by Crippen LogP contribution is -2.57. The number of esters is 1. The van der Waals surface area contributed by atoms with Gasteiger partial charge >= 0.3 is 12.1 Å². The average molecular weight is 521 g/mol. The van der Waals surface area contributed by atoms with E-state index in [0.717, 1.165) is 6.42 Å². The molecule has 1 saturated carbocycles. The van der Waals surface area contributed by atoms with Gasteiger partial charge in [0.2, 0.25) is 17.7 Å². The number of rotatable bonds is 11. The third-order valence-corrected chi connectivity index (χ3v) is 5.76. The number of benzene rings is 1. The van der Waals surface area contributed by atoms with Crippen LogP contribution in [0, 0.1) is 0 Å². The van der Waals surface area contributed by atoms with Gasteiger partial charge < -0.3 is 35.8 Å². The monoisotopic (exact) mass is 520 g/mol. The van der Waals surface area contributed by atoms with Crippen molar-refractivity contribution in [3.05, 3.63) is 29.8 Å². The van der Waals surface area contributed by atoms with Crippen LogP contribution >= 0.6 is 0 Å². The number of phenols is 1. The molecule has 0 saturated heterocycles. The van der Waals surface area contributed by atoms with Crippen molar-refractivity contribution in [2.24, 2.45) is 5.73 Å². The van der Waals surface area contributed by atoms with Gasteiger partial charge in [-0.2, -0.15) is 0 Å². The molecule has 0 aliphatic heterocycles. The zero-order valence-corrected chi connectivity index (χ0v) is 21.6. The summed E-state index contributed by atoms with van der Waals surface area (Å²) < 4.78 is 9.89. The number of nitrogens with one attached hydrogen (secondary N) is 2. The Morgan fingerprint density at radius 3 is 2.24 bits per heavy atom. The van der Waals surface area contributed by atoms with E-state index in [1.165, 1.54) is 36.3 Å². The first-order chi connectivity index (χ1) is 17.3. The maximum absolute atomic E-state index is 14.0. The molecular formula is C25H36N4O8. The highest BCUT2D eigenvalue weighted by molar-refractivity contribution is 5.93. The fourth-order valence-electron chi connectivity index (χ4n) is 3.78. The van der Waals surface area contributed by atoms with E-state index >= 15 is 0 Å². The maximum Gasteiger partial charge on any atom is 0.408 e. The SMILES string of the molecule is COC(=O)CNC(=O)C(c1ccc(O)cc1)N(C(=O)C(CCC(N)=O)NC(=O)OC(C)(C)C)C1CCC1. The molecule has 0 spiro atoms. The van der Waals surface area contributed by atoms with Crippen LogP contribution in [0.3, 0.4) is 0 Å². The molecule has 1 aromatic carbocycles. The van der Waals surface area contributed by atoms with E-state index in [-0.39, 0.29) is 24.6 Å². The van der Waals surface area contributed by atoms with Gasteiger partial charge in [-0.1, -0.05) is 12.1 Å². The molecule has 0 radical (unpaired) electrons. The van der Waals surface area contributed by atoms with Gasteiger partial charge in [-0.05, 0) is 64.2 Å². The number of phenolic OH excluding ortho intramolecular Hbond substituents is 1. The van der Waals surface area contributed by atoms with Crippen molar-refractivity contribution in [2.45, 2.75) is 76.6 Å². The minimum Gasteiger partial charge on any atom is -0.508 e. The summed E-state index contributed by atoms with van der Waals surface area (Å²) >= 11 is 0. The highest BCUT2D eigenvalue weighted by Crippen LogP contribution is 2.34. The normalized spacial score (nSPS) is 14.9. The van der Waals surface area contributed by atoms with Gasteiger partial charge in [0, 0.05) is 12.5 Å². The number of carbonyl (C=O) groups is 5. The van der Waals surface area contributed by atoms with Crippen LogP contribution in [0.4, 0.5) is 4.79 Å². The number of hydrogen-bond donors (Lipinski definition) is 4. The molecule has 1 aromatic rings. The van der Waals surface area contributed by atoms with Crippen LogP contribution in [0.5, 0.6) is 5.75 Å². The molecule has 12 heteroatoms. The van der Waals surface area contributed by atoms with Crippen LogP contribution < -0.4 is 16.4 Å². The summed E-state index contributed by atoms with van der Waals surface area (Å²) in [7, 11) is 1.18. The molecule has 2 rings (SSSR count). The van der Waals surface area contributed by atoms with Crippen molar-refractivity contribution in [3.8, 4) is 5.75 Å². The van der Waals surface area contributed by atoms with Crippen LogP contribution in [0.25, 0.3) is 0 Å². The predicted octanol–water partition coefficient (Wildman–Crippen LogP) is 1.26. The molecule has 4 amide bonds. The zero-order valence-electron chi connectivity index (χ0n) is 21.6. The summed E-state index contributed by atoms with van der Waals surface area (Å²) in [5.74, 6) is -2.63. The van der Waals surface area contributed by atoms with Gasteiger partial charge in [-0.3, -0.25) is 19.2 Å². The van der Waals surface area contributed by atoms with Gasteiger partial charge in [0.15, 0.2) is 0 Å². The van der Waals surface area contributed by atoms with E-state index in [9.17, 15) is 29.1 Å². The van der Waals surface area contributed by atoms with Gasteiger partial charge in [-0.15, -0.1) is 0 Å². The highest BCUT2D eigenvalue weighted by atomic mass is 16.6. The van der Waals surface area contributed by atoms with Crippen LogP contribution in [0.1, 0.15) is 64.5 Å². The fraction of sp³-hybridized carbons (Fsp3) is 0.560. The first kappa shape index (κ1) is 29.4. The number of methoxy groups -OCH3 is 1. The summed E-state index contributed by atoms with van der Waals surface area (Å²) in [6.45, 7) is 4.58. The Morgan fingerprint density at radius 1 is 1.14 bits per heavy atom. The number of primary amides is 1. The van der Waals surface area contributed by atoms with E-state index in [1.54, 1.807) is 20.8 Å². The summed E-state index contributed by atoms with van der Waals surface area (Å²) in [4.78, 5) is 64.4. The number of ether oxygens (including phenoxy) is 2. The minimum absolute atomic E-state index is 0.0371. The quantitative estimate of drug-likeness (QED) is 0.315. The lowest BCUT2D eigenvalue weighted by molar-refractivity contribution is -0.148. The molecule has 0 heterocycles. The first-order valence-corrected chi connectivity index (χ1v) is 12.1. The van der Waals surface area contributed by atoms with Gasteiger partial charge in [0.1, 0.15) is 30.0 Å². The molecular weight excluding hydrogens is 484 g/mol. The van der Waals surface area contributed by atoms with E-state index in [0.29, 0.717) is 18.4 Å². The Labute approximate surface area is 215 Å². The Bertz CT molecular complexity index is 985. The third-order valence-electron chi connectivity index (χ3n) is 5.76. The number of aromatic hydroxyl groups is 1. The molecule has 0 aromatic heterocycles. The molecule has 204 valence electrons. The molecule has 1 aliphatic carbocycles. The smallest absolute Gasteiger partial charge is 0.408 e. The lowest BCUT2D eigenvalue weighted by Gasteiger charge is -2.43. The largest absolute Gasteiger partial charge is 0.508 e. The topological polar surface area (TPSA) is 177 Å². The number of amides is 4. The summed E-state index contributed by atoms with van der Waals surface area (Å²) in [6.07, 6.45) is 0.886. The molecule has 0 bridgehead atoms. The highest BCUT2D eigenvalue weighted by Gasteiger charge is 2.42. The third kappa shape index (κ3) is 8.96. The number of carbonyl (C=O) groups excluding carboxylic acids is 5. The van der Waals surface area contributed by atoms with E-state index in [4.69, 9.17) is 10.5 Å². The van der Waals surface area contributed by atoms with E-state index < -0.39 is 54.0 Å². The van der Waals surface area contributed by atoms with Crippen molar-refractivity contribution in [1.82, 2.24) is 15.5 Å². The van der Waals surface area contributed by atoms with Crippen molar-refractivity contribution in [3.63, 3.8) is 0 Å². The van der Waals surface area contributed by atoms with Crippen LogP contribution in [0.15, 0.2) is 24.3 Å². The number of nitrogens with zero attached hydrogens (tertiary/aromatic N) is 1. The lowest BCUT2D eigenvalue weighted by atomic mass is 9.87. The Morgan fingerprint density at radius 2 is 1.76 bits per heavy atom. The molecule has 12 nitrogen and oxygen atoms in total. The Balaban J connectivity index is 2.46. The van der Waals surface area contributed by atoms with Crippen molar-refractivity contribution >= 4 is 29.8 Å². The number of nitrogens with two attached hydrogens (primary N) is 1. The number of alkyl carbamates (subject to hydrolysis) is 1. The predicted molar refractivity (Wildman–Crippen MR) is 132 cm³/mol. The summed E-state index contributed by atoms with van der Waals surface area (Å²) in [6, 6.07) is 3.00.